The summed E-state index contributed by atoms with van der Waals surface area (Å²) in [6, 6.07) is 2.60. The number of H-pyrrole nitrogens is 1. The van der Waals surface area contributed by atoms with Crippen molar-refractivity contribution < 1.29 is 0 Å². The highest BCUT2D eigenvalue weighted by molar-refractivity contribution is 5.14. The van der Waals surface area contributed by atoms with Crippen LogP contribution in [0.25, 0.3) is 0 Å². The molecule has 4 heteroatoms. The number of rotatable bonds is 5. The van der Waals surface area contributed by atoms with E-state index in [4.69, 9.17) is 0 Å². The van der Waals surface area contributed by atoms with Crippen LogP contribution in [-0.2, 0) is 0 Å². The van der Waals surface area contributed by atoms with Crippen molar-refractivity contribution in [3.05, 3.63) is 24.0 Å². The van der Waals surface area contributed by atoms with Crippen molar-refractivity contribution in [1.82, 2.24) is 20.5 Å². The Morgan fingerprint density at radius 3 is 2.76 bits per heavy atom. The molecule has 96 valence electrons. The highest BCUT2D eigenvalue weighted by Gasteiger charge is 2.21. The summed E-state index contributed by atoms with van der Waals surface area (Å²) in [5.41, 5.74) is 1.36. The molecule has 1 saturated heterocycles. The fraction of sp³-hybridized carbons (Fsp3) is 0.692. The van der Waals surface area contributed by atoms with E-state index in [1.807, 2.05) is 13.2 Å². The van der Waals surface area contributed by atoms with Crippen molar-refractivity contribution in [2.24, 2.45) is 5.92 Å². The van der Waals surface area contributed by atoms with Gasteiger partial charge >= 0.3 is 0 Å². The second-order valence-corrected chi connectivity index (χ2v) is 4.94. The molecule has 0 amide bonds. The third-order valence-electron chi connectivity index (χ3n) is 3.62. The summed E-state index contributed by atoms with van der Waals surface area (Å²) in [7, 11) is 2.05. The van der Waals surface area contributed by atoms with Crippen molar-refractivity contribution in [2.75, 3.05) is 39.8 Å². The quantitative estimate of drug-likeness (QED) is 0.709. The third-order valence-corrected chi connectivity index (χ3v) is 3.62. The molecular weight excluding hydrogens is 212 g/mol. The van der Waals surface area contributed by atoms with Crippen LogP contribution in [0.1, 0.15) is 18.5 Å². The molecule has 0 spiro atoms. The van der Waals surface area contributed by atoms with Crippen LogP contribution in [0.15, 0.2) is 18.5 Å². The average molecular weight is 236 g/mol. The second-order valence-electron chi connectivity index (χ2n) is 4.94. The number of nitrogens with one attached hydrogen (secondary N) is 3. The van der Waals surface area contributed by atoms with E-state index in [0.29, 0.717) is 12.0 Å². The van der Waals surface area contributed by atoms with E-state index in [-0.39, 0.29) is 0 Å². The van der Waals surface area contributed by atoms with Crippen LogP contribution in [0, 0.1) is 5.92 Å². The maximum atomic E-state index is 3.43. The summed E-state index contributed by atoms with van der Waals surface area (Å²) in [5.74, 6) is 0.619. The Balaban J connectivity index is 1.90. The maximum absolute atomic E-state index is 3.43. The maximum Gasteiger partial charge on any atom is 0.0370 e. The average Bonchev–Trinajstić information content (AvgIpc) is 2.85. The van der Waals surface area contributed by atoms with Gasteiger partial charge in [0.1, 0.15) is 0 Å². The van der Waals surface area contributed by atoms with Gasteiger partial charge in [-0.05, 0) is 24.6 Å². The SMILES string of the molecule is CNC(c1cc[nH]c1)C(C)CN1CCNCC1. The monoisotopic (exact) mass is 236 g/mol. The molecule has 2 heterocycles. The van der Waals surface area contributed by atoms with E-state index in [2.05, 4.69) is 39.7 Å². The summed E-state index contributed by atoms with van der Waals surface area (Å²) >= 11 is 0. The van der Waals surface area contributed by atoms with Crippen molar-refractivity contribution in [3.63, 3.8) is 0 Å². The number of piperazine rings is 1. The Bertz CT molecular complexity index is 303. The Morgan fingerprint density at radius 2 is 2.18 bits per heavy atom. The van der Waals surface area contributed by atoms with Crippen LogP contribution in [-0.4, -0.2) is 49.7 Å². The molecule has 0 bridgehead atoms. The van der Waals surface area contributed by atoms with Crippen LogP contribution >= 0.6 is 0 Å². The minimum atomic E-state index is 0.441. The molecule has 17 heavy (non-hydrogen) atoms. The van der Waals surface area contributed by atoms with Gasteiger partial charge in [0.05, 0.1) is 0 Å². The molecule has 1 fully saturated rings. The molecule has 4 nitrogen and oxygen atoms in total. The third kappa shape index (κ3) is 3.31. The minimum Gasteiger partial charge on any atom is -0.367 e. The van der Waals surface area contributed by atoms with Crippen molar-refractivity contribution in [1.29, 1.82) is 0 Å². The van der Waals surface area contributed by atoms with E-state index in [0.717, 1.165) is 13.1 Å². The molecule has 3 N–H and O–H groups in total. The molecule has 0 aromatic carbocycles. The van der Waals surface area contributed by atoms with E-state index < -0.39 is 0 Å². The summed E-state index contributed by atoms with van der Waals surface area (Å²) in [4.78, 5) is 5.69. The lowest BCUT2D eigenvalue weighted by molar-refractivity contribution is 0.193. The molecule has 0 radical (unpaired) electrons. The standard InChI is InChI=1S/C13H24N4/c1-11(10-17-7-5-15-6-8-17)13(14-2)12-3-4-16-9-12/h3-4,9,11,13-16H,5-8,10H2,1-2H3. The van der Waals surface area contributed by atoms with Gasteiger partial charge < -0.3 is 20.5 Å². The Labute approximate surface area is 104 Å². The molecule has 2 atom stereocenters. The topological polar surface area (TPSA) is 43.1 Å². The van der Waals surface area contributed by atoms with Crippen molar-refractivity contribution in [2.45, 2.75) is 13.0 Å². The van der Waals surface area contributed by atoms with Gasteiger partial charge in [-0.1, -0.05) is 6.92 Å². The molecule has 1 aromatic heterocycles. The van der Waals surface area contributed by atoms with Gasteiger partial charge in [-0.25, -0.2) is 0 Å². The Kier molecular flexibility index (Phi) is 4.59. The zero-order chi connectivity index (χ0) is 12.1. The number of hydrogen-bond donors (Lipinski definition) is 3. The molecule has 1 aliphatic heterocycles. The molecule has 2 rings (SSSR count). The summed E-state index contributed by atoms with van der Waals surface area (Å²) in [6.07, 6.45) is 4.09. The summed E-state index contributed by atoms with van der Waals surface area (Å²) in [5, 5.41) is 6.83. The largest absolute Gasteiger partial charge is 0.367 e. The van der Waals surface area contributed by atoms with Crippen molar-refractivity contribution in [3.8, 4) is 0 Å². The Hall–Kier alpha value is -0.840. The van der Waals surface area contributed by atoms with Gasteiger partial charge in [-0.2, -0.15) is 0 Å². The second kappa shape index (κ2) is 6.19. The summed E-state index contributed by atoms with van der Waals surface area (Å²) in [6.45, 7) is 8.10. The van der Waals surface area contributed by atoms with Gasteiger partial charge in [-0.3, -0.25) is 0 Å². The number of aromatic nitrogens is 1. The molecule has 0 aliphatic carbocycles. The van der Waals surface area contributed by atoms with Gasteiger partial charge in [0.15, 0.2) is 0 Å². The molecule has 0 saturated carbocycles. The highest BCUT2D eigenvalue weighted by Crippen LogP contribution is 2.22. The first kappa shape index (κ1) is 12.6. The first-order valence-electron chi connectivity index (χ1n) is 6.54. The fourth-order valence-electron chi connectivity index (χ4n) is 2.72. The summed E-state index contributed by atoms with van der Waals surface area (Å²) < 4.78 is 0. The van der Waals surface area contributed by atoms with Crippen LogP contribution in [0.4, 0.5) is 0 Å². The lowest BCUT2D eigenvalue weighted by atomic mass is 9.96. The van der Waals surface area contributed by atoms with E-state index in [9.17, 15) is 0 Å². The van der Waals surface area contributed by atoms with Crippen LogP contribution in [0.2, 0.25) is 0 Å². The minimum absolute atomic E-state index is 0.441. The van der Waals surface area contributed by atoms with Crippen LogP contribution in [0.3, 0.4) is 0 Å². The highest BCUT2D eigenvalue weighted by atomic mass is 15.2. The lowest BCUT2D eigenvalue weighted by Gasteiger charge is -2.32. The Morgan fingerprint density at radius 1 is 1.41 bits per heavy atom. The van der Waals surface area contributed by atoms with E-state index in [1.165, 1.54) is 25.2 Å². The number of hydrogen-bond acceptors (Lipinski definition) is 3. The first-order chi connectivity index (χ1) is 8.31. The van der Waals surface area contributed by atoms with Gasteiger partial charge in [0.2, 0.25) is 0 Å². The molecular formula is C13H24N4. The van der Waals surface area contributed by atoms with Crippen LogP contribution in [0.5, 0.6) is 0 Å². The predicted molar refractivity (Wildman–Crippen MR) is 71.1 cm³/mol. The smallest absolute Gasteiger partial charge is 0.0370 e. The fourth-order valence-corrected chi connectivity index (χ4v) is 2.72. The normalized spacial score (nSPS) is 21.3. The number of aromatic amines is 1. The van der Waals surface area contributed by atoms with Crippen molar-refractivity contribution >= 4 is 0 Å². The van der Waals surface area contributed by atoms with Gasteiger partial charge in [-0.15, -0.1) is 0 Å². The molecule has 1 aromatic rings. The number of nitrogens with zero attached hydrogens (tertiary/aromatic N) is 1. The van der Waals surface area contributed by atoms with Crippen LogP contribution < -0.4 is 10.6 Å². The predicted octanol–water partition coefficient (Wildman–Crippen LogP) is 0.817. The molecule has 1 aliphatic rings. The van der Waals surface area contributed by atoms with Gasteiger partial charge in [0, 0.05) is 51.2 Å². The molecule has 2 unspecified atom stereocenters. The van der Waals surface area contributed by atoms with E-state index >= 15 is 0 Å². The lowest BCUT2D eigenvalue weighted by Crippen LogP contribution is -2.46. The first-order valence-corrected chi connectivity index (χ1v) is 6.54. The zero-order valence-corrected chi connectivity index (χ0v) is 10.9. The zero-order valence-electron chi connectivity index (χ0n) is 10.9. The van der Waals surface area contributed by atoms with Gasteiger partial charge in [0.25, 0.3) is 0 Å². The van der Waals surface area contributed by atoms with E-state index in [1.54, 1.807) is 0 Å².